The predicted molar refractivity (Wildman–Crippen MR) is 100 cm³/mol. The molecule has 1 aliphatic rings. The zero-order chi connectivity index (χ0) is 17.6. The normalized spacial score (nSPS) is 19.6. The van der Waals surface area contributed by atoms with Gasteiger partial charge in [-0.1, -0.05) is 62.3 Å². The average molecular weight is 310 g/mol. The Kier molecular flexibility index (Phi) is 5.56. The minimum atomic E-state index is 0.322. The molecule has 132 valence electrons. The molecule has 0 spiro atoms. The third kappa shape index (κ3) is 4.98. The van der Waals surface area contributed by atoms with Crippen LogP contribution in [-0.2, 0) is 0 Å². The van der Waals surface area contributed by atoms with Crippen molar-refractivity contribution < 1.29 is 0 Å². The Bertz CT molecular complexity index is 362. The van der Waals surface area contributed by atoms with Crippen LogP contribution < -0.4 is 0 Å². The molecule has 1 heteroatoms. The highest BCUT2D eigenvalue weighted by Crippen LogP contribution is 2.46. The van der Waals surface area contributed by atoms with Crippen LogP contribution in [0.15, 0.2) is 0 Å². The lowest BCUT2D eigenvalue weighted by Crippen LogP contribution is -2.62. The van der Waals surface area contributed by atoms with Crippen LogP contribution in [0.2, 0.25) is 0 Å². The molecule has 0 aromatic rings. The smallest absolute Gasteiger partial charge is 0.0158 e. The summed E-state index contributed by atoms with van der Waals surface area (Å²) >= 11 is 0. The molecule has 0 amide bonds. The molecule has 22 heavy (non-hydrogen) atoms. The Balaban J connectivity index is 2.63. The van der Waals surface area contributed by atoms with Crippen molar-refractivity contribution in [3.05, 3.63) is 0 Å². The molecule has 1 rings (SSSR count). The molecular formula is C21H43N. The largest absolute Gasteiger partial charge is 0.298 e. The molecule has 0 aliphatic carbocycles. The van der Waals surface area contributed by atoms with Gasteiger partial charge in [-0.3, -0.25) is 4.90 Å². The second-order valence-electron chi connectivity index (χ2n) is 11.5. The molecule has 0 unspecified atom stereocenters. The Morgan fingerprint density at radius 2 is 1.27 bits per heavy atom. The molecule has 0 radical (unpaired) electrons. The fourth-order valence-corrected chi connectivity index (χ4v) is 4.41. The second-order valence-corrected chi connectivity index (χ2v) is 11.5. The summed E-state index contributed by atoms with van der Waals surface area (Å²) in [6.07, 6.45) is 2.60. The molecule has 0 bridgehead atoms. The van der Waals surface area contributed by atoms with Crippen LogP contribution in [0.5, 0.6) is 0 Å². The van der Waals surface area contributed by atoms with Crippen LogP contribution in [0.1, 0.15) is 89.0 Å². The summed E-state index contributed by atoms with van der Waals surface area (Å²) in [5.41, 5.74) is 1.62. The molecule has 1 nitrogen and oxygen atoms in total. The first-order chi connectivity index (χ1) is 9.57. The van der Waals surface area contributed by atoms with E-state index in [2.05, 4.69) is 81.1 Å². The third-order valence-corrected chi connectivity index (χ3v) is 6.28. The van der Waals surface area contributed by atoms with Crippen LogP contribution in [0, 0.1) is 28.1 Å². The number of hydrogen-bond acceptors (Lipinski definition) is 1. The maximum absolute atomic E-state index is 2.73. The molecule has 0 aromatic carbocycles. The number of nitrogens with zero attached hydrogens (tertiary/aromatic N) is 1. The molecule has 1 aliphatic heterocycles. The summed E-state index contributed by atoms with van der Waals surface area (Å²) < 4.78 is 0. The summed E-state index contributed by atoms with van der Waals surface area (Å²) in [6, 6.07) is 0. The van der Waals surface area contributed by atoms with E-state index in [0.29, 0.717) is 21.8 Å². The zero-order valence-corrected chi connectivity index (χ0v) is 17.4. The van der Waals surface area contributed by atoms with Crippen LogP contribution in [0.4, 0.5) is 0 Å². The van der Waals surface area contributed by atoms with Gasteiger partial charge in [0, 0.05) is 18.6 Å². The van der Waals surface area contributed by atoms with Crippen molar-refractivity contribution >= 4 is 0 Å². The van der Waals surface area contributed by atoms with Crippen molar-refractivity contribution in [2.75, 3.05) is 13.1 Å². The van der Waals surface area contributed by atoms with Gasteiger partial charge in [0.1, 0.15) is 0 Å². The van der Waals surface area contributed by atoms with Crippen LogP contribution in [0.25, 0.3) is 0 Å². The van der Waals surface area contributed by atoms with E-state index in [1.807, 2.05) is 0 Å². The van der Waals surface area contributed by atoms with Crippen molar-refractivity contribution in [3.63, 3.8) is 0 Å². The summed E-state index contributed by atoms with van der Waals surface area (Å²) in [5.74, 6) is 1.59. The fraction of sp³-hybridized carbons (Fsp3) is 1.00. The monoisotopic (exact) mass is 309 g/mol. The van der Waals surface area contributed by atoms with Crippen molar-refractivity contribution in [2.45, 2.75) is 94.5 Å². The molecule has 1 saturated heterocycles. The summed E-state index contributed by atoms with van der Waals surface area (Å²) in [4.78, 5) is 2.73. The van der Waals surface area contributed by atoms with E-state index in [0.717, 1.165) is 11.8 Å². The Morgan fingerprint density at radius 1 is 0.818 bits per heavy atom. The van der Waals surface area contributed by atoms with Gasteiger partial charge in [-0.2, -0.15) is 0 Å². The topological polar surface area (TPSA) is 3.24 Å². The van der Waals surface area contributed by atoms with Gasteiger partial charge in [-0.25, -0.2) is 0 Å². The van der Waals surface area contributed by atoms with Gasteiger partial charge in [0.25, 0.3) is 0 Å². The van der Waals surface area contributed by atoms with Crippen LogP contribution in [-0.4, -0.2) is 23.5 Å². The van der Waals surface area contributed by atoms with E-state index in [9.17, 15) is 0 Å². The average Bonchev–Trinajstić information content (AvgIpc) is 2.05. The first-order valence-corrected chi connectivity index (χ1v) is 9.32. The molecule has 0 saturated carbocycles. The Labute approximate surface area is 141 Å². The van der Waals surface area contributed by atoms with Crippen molar-refractivity contribution in [3.8, 4) is 0 Å². The van der Waals surface area contributed by atoms with E-state index >= 15 is 0 Å². The van der Waals surface area contributed by atoms with E-state index in [-0.39, 0.29) is 0 Å². The Hall–Kier alpha value is -0.0400. The summed E-state index contributed by atoms with van der Waals surface area (Å²) in [6.45, 7) is 29.1. The lowest BCUT2D eigenvalue weighted by molar-refractivity contribution is -0.0750. The summed E-state index contributed by atoms with van der Waals surface area (Å²) in [5, 5.41) is 0. The first kappa shape index (κ1) is 20.0. The quantitative estimate of drug-likeness (QED) is 0.562. The molecule has 1 heterocycles. The van der Waals surface area contributed by atoms with E-state index in [1.54, 1.807) is 0 Å². The molecular weight excluding hydrogens is 266 g/mol. The number of hydrogen-bond donors (Lipinski definition) is 0. The van der Waals surface area contributed by atoms with Gasteiger partial charge in [0.15, 0.2) is 0 Å². The predicted octanol–water partition coefficient (Wildman–Crippen LogP) is 6.23. The van der Waals surface area contributed by atoms with Crippen molar-refractivity contribution in [1.29, 1.82) is 0 Å². The van der Waals surface area contributed by atoms with Gasteiger partial charge in [0.05, 0.1) is 0 Å². The van der Waals surface area contributed by atoms with Crippen molar-refractivity contribution in [2.24, 2.45) is 28.1 Å². The van der Waals surface area contributed by atoms with Gasteiger partial charge in [-0.05, 0) is 54.8 Å². The maximum Gasteiger partial charge on any atom is 0.0158 e. The minimum Gasteiger partial charge on any atom is -0.298 e. The van der Waals surface area contributed by atoms with Crippen LogP contribution in [0.3, 0.4) is 0 Å². The SMILES string of the molecule is CC(C)C(C)(C)CC(C)(C)N1CC(C(C)(C)CC(C)(C)C)C1. The van der Waals surface area contributed by atoms with Crippen LogP contribution >= 0.6 is 0 Å². The van der Waals surface area contributed by atoms with E-state index in [4.69, 9.17) is 0 Å². The highest BCUT2D eigenvalue weighted by molar-refractivity contribution is 4.99. The molecule has 0 atom stereocenters. The van der Waals surface area contributed by atoms with Gasteiger partial charge in [-0.15, -0.1) is 0 Å². The Morgan fingerprint density at radius 3 is 1.64 bits per heavy atom. The van der Waals surface area contributed by atoms with Gasteiger partial charge < -0.3 is 0 Å². The van der Waals surface area contributed by atoms with Gasteiger partial charge in [0.2, 0.25) is 0 Å². The minimum absolute atomic E-state index is 0.322. The lowest BCUT2D eigenvalue weighted by atomic mass is 9.64. The molecule has 0 aromatic heterocycles. The van der Waals surface area contributed by atoms with E-state index < -0.39 is 0 Å². The standard InChI is InChI=1S/C21H43N/c1-16(2)19(6,7)15-21(10,11)22-12-17(13-22)20(8,9)14-18(3,4)5/h16-17H,12-15H2,1-11H3. The zero-order valence-electron chi connectivity index (χ0n) is 17.4. The lowest BCUT2D eigenvalue weighted by Gasteiger charge is -2.57. The highest BCUT2D eigenvalue weighted by Gasteiger charge is 2.46. The molecule has 1 fully saturated rings. The highest BCUT2D eigenvalue weighted by atomic mass is 15.2. The first-order valence-electron chi connectivity index (χ1n) is 9.32. The second kappa shape index (κ2) is 6.11. The van der Waals surface area contributed by atoms with Crippen molar-refractivity contribution in [1.82, 2.24) is 4.90 Å². The fourth-order valence-electron chi connectivity index (χ4n) is 4.41. The summed E-state index contributed by atoms with van der Waals surface area (Å²) in [7, 11) is 0. The van der Waals surface area contributed by atoms with E-state index in [1.165, 1.54) is 25.9 Å². The third-order valence-electron chi connectivity index (χ3n) is 6.28. The number of rotatable bonds is 6. The number of likely N-dealkylation sites (tertiary alicyclic amines) is 1. The molecule has 0 N–H and O–H groups in total. The maximum atomic E-state index is 2.73. The van der Waals surface area contributed by atoms with Gasteiger partial charge >= 0.3 is 0 Å².